The van der Waals surface area contributed by atoms with E-state index in [4.69, 9.17) is 0 Å². The Bertz CT molecular complexity index is 170. The van der Waals surface area contributed by atoms with Gasteiger partial charge in [-0.15, -0.1) is 0 Å². The highest BCUT2D eigenvalue weighted by molar-refractivity contribution is 7.89. The number of hydrogen-bond acceptors (Lipinski definition) is 1. The summed E-state index contributed by atoms with van der Waals surface area (Å²) in [6.07, 6.45) is 2.15. The van der Waals surface area contributed by atoms with Crippen LogP contribution in [0.1, 0.15) is 26.7 Å². The van der Waals surface area contributed by atoms with Gasteiger partial charge in [0.2, 0.25) is 0 Å². The molecule has 0 N–H and O–H groups in total. The molecule has 1 heterocycles. The van der Waals surface area contributed by atoms with E-state index in [0.717, 1.165) is 23.5 Å². The van der Waals surface area contributed by atoms with Crippen LogP contribution < -0.4 is 0 Å². The van der Waals surface area contributed by atoms with Crippen LogP contribution in [0.3, 0.4) is 0 Å². The predicted octanol–water partition coefficient (Wildman–Crippen LogP) is 1.82. The fourth-order valence-electron chi connectivity index (χ4n) is 1.13. The monoisotopic (exact) mass is 144 g/mol. The molecule has 1 nitrogen and oxygen atoms in total. The van der Waals surface area contributed by atoms with Gasteiger partial charge in [-0.3, -0.25) is 4.21 Å². The molecule has 52 valence electrons. The van der Waals surface area contributed by atoms with E-state index in [0.29, 0.717) is 0 Å². The summed E-state index contributed by atoms with van der Waals surface area (Å²) in [6.45, 7) is 4.11. The molecule has 9 heavy (non-hydrogen) atoms. The topological polar surface area (TPSA) is 17.1 Å². The minimum Gasteiger partial charge on any atom is -0.255 e. The molecule has 0 aromatic carbocycles. The van der Waals surface area contributed by atoms with Gasteiger partial charge >= 0.3 is 0 Å². The Balaban J connectivity index is 2.79. The number of rotatable bonds is 1. The molecule has 0 radical (unpaired) electrons. The van der Waals surface area contributed by atoms with Gasteiger partial charge in [-0.2, -0.15) is 0 Å². The zero-order chi connectivity index (χ0) is 6.85. The Hall–Kier alpha value is -0.110. The summed E-state index contributed by atoms with van der Waals surface area (Å²) in [5, 5.41) is 0. The van der Waals surface area contributed by atoms with Crippen molar-refractivity contribution in [3.05, 3.63) is 10.5 Å². The first-order chi connectivity index (χ1) is 4.25. The summed E-state index contributed by atoms with van der Waals surface area (Å²) in [6, 6.07) is 0. The van der Waals surface area contributed by atoms with Gasteiger partial charge in [0.05, 0.1) is 0 Å². The molecule has 0 amide bonds. The van der Waals surface area contributed by atoms with E-state index in [1.54, 1.807) is 0 Å². The molecule has 0 spiro atoms. The van der Waals surface area contributed by atoms with Gasteiger partial charge in [-0.25, -0.2) is 0 Å². The van der Waals surface area contributed by atoms with Crippen LogP contribution in [0.2, 0.25) is 0 Å². The lowest BCUT2D eigenvalue weighted by Gasteiger charge is -1.93. The van der Waals surface area contributed by atoms with E-state index in [-0.39, 0.29) is 0 Å². The highest BCUT2D eigenvalue weighted by atomic mass is 32.2. The Labute approximate surface area is 58.6 Å². The van der Waals surface area contributed by atoms with Gasteiger partial charge in [0, 0.05) is 21.5 Å². The van der Waals surface area contributed by atoms with Gasteiger partial charge in [-0.05, 0) is 19.8 Å². The Morgan fingerprint density at radius 2 is 2.33 bits per heavy atom. The summed E-state index contributed by atoms with van der Waals surface area (Å²) in [5.74, 6) is 0.870. The third kappa shape index (κ3) is 1.23. The fraction of sp³-hybridized carbons (Fsp3) is 0.714. The summed E-state index contributed by atoms with van der Waals surface area (Å²) in [4.78, 5) is 1.14. The van der Waals surface area contributed by atoms with Gasteiger partial charge < -0.3 is 0 Å². The maximum atomic E-state index is 11.0. The SMILES string of the molecule is CCC1=C(C)S(=O)CC1. The van der Waals surface area contributed by atoms with Crippen LogP contribution in [0.4, 0.5) is 0 Å². The normalized spacial score (nSPS) is 27.6. The quantitative estimate of drug-likeness (QED) is 0.548. The highest BCUT2D eigenvalue weighted by Gasteiger charge is 2.15. The summed E-state index contributed by atoms with van der Waals surface area (Å²) in [7, 11) is -0.618. The van der Waals surface area contributed by atoms with Crippen molar-refractivity contribution in [3.63, 3.8) is 0 Å². The largest absolute Gasteiger partial charge is 0.255 e. The summed E-state index contributed by atoms with van der Waals surface area (Å²) in [5.41, 5.74) is 1.41. The third-order valence-corrected chi connectivity index (χ3v) is 3.40. The Kier molecular flexibility index (Phi) is 2.06. The van der Waals surface area contributed by atoms with Crippen molar-refractivity contribution in [1.82, 2.24) is 0 Å². The van der Waals surface area contributed by atoms with Gasteiger partial charge in [0.1, 0.15) is 0 Å². The van der Waals surface area contributed by atoms with Gasteiger partial charge in [0.25, 0.3) is 0 Å². The molecule has 0 saturated heterocycles. The smallest absolute Gasteiger partial charge is 0.0488 e. The summed E-state index contributed by atoms with van der Waals surface area (Å²) >= 11 is 0. The summed E-state index contributed by atoms with van der Waals surface area (Å²) < 4.78 is 11.0. The van der Waals surface area contributed by atoms with Gasteiger partial charge in [-0.1, -0.05) is 12.5 Å². The standard InChI is InChI=1S/C7H12OS/c1-3-7-4-5-9(8)6(7)2/h3-5H2,1-2H3. The van der Waals surface area contributed by atoms with E-state index in [2.05, 4.69) is 6.92 Å². The molecule has 1 rings (SSSR count). The lowest BCUT2D eigenvalue weighted by atomic mass is 10.1. The second-order valence-electron chi connectivity index (χ2n) is 2.31. The fourth-order valence-corrected chi connectivity index (χ4v) is 2.44. The van der Waals surface area contributed by atoms with Crippen molar-refractivity contribution in [2.45, 2.75) is 26.7 Å². The maximum absolute atomic E-state index is 11.0. The van der Waals surface area contributed by atoms with Crippen molar-refractivity contribution in [3.8, 4) is 0 Å². The van der Waals surface area contributed by atoms with Crippen LogP contribution in [0.25, 0.3) is 0 Å². The Morgan fingerprint density at radius 3 is 2.56 bits per heavy atom. The van der Waals surface area contributed by atoms with Crippen LogP contribution in [0.5, 0.6) is 0 Å². The molecule has 2 heteroatoms. The van der Waals surface area contributed by atoms with Crippen LogP contribution in [-0.4, -0.2) is 9.96 Å². The van der Waals surface area contributed by atoms with Crippen LogP contribution in [0.15, 0.2) is 10.5 Å². The van der Waals surface area contributed by atoms with E-state index < -0.39 is 10.8 Å². The predicted molar refractivity (Wildman–Crippen MR) is 40.6 cm³/mol. The van der Waals surface area contributed by atoms with Crippen LogP contribution in [-0.2, 0) is 10.8 Å². The van der Waals surface area contributed by atoms with Crippen molar-refractivity contribution in [2.24, 2.45) is 0 Å². The molecular formula is C7H12OS. The van der Waals surface area contributed by atoms with Crippen molar-refractivity contribution in [1.29, 1.82) is 0 Å². The third-order valence-electron chi connectivity index (χ3n) is 1.86. The average molecular weight is 144 g/mol. The van der Waals surface area contributed by atoms with Crippen LogP contribution >= 0.6 is 0 Å². The van der Waals surface area contributed by atoms with Crippen molar-refractivity contribution < 1.29 is 4.21 Å². The molecule has 1 atom stereocenters. The molecule has 1 aliphatic heterocycles. The molecule has 0 aromatic heterocycles. The Morgan fingerprint density at radius 1 is 1.67 bits per heavy atom. The molecular weight excluding hydrogens is 132 g/mol. The van der Waals surface area contributed by atoms with E-state index in [9.17, 15) is 4.21 Å². The first-order valence-corrected chi connectivity index (χ1v) is 4.64. The molecule has 0 fully saturated rings. The van der Waals surface area contributed by atoms with Crippen molar-refractivity contribution >= 4 is 10.8 Å². The molecule has 0 bridgehead atoms. The molecule has 1 unspecified atom stereocenters. The zero-order valence-corrected chi connectivity index (χ0v) is 6.75. The lowest BCUT2D eigenvalue weighted by molar-refractivity contribution is 0.688. The minimum absolute atomic E-state index is 0.618. The van der Waals surface area contributed by atoms with Gasteiger partial charge in [0.15, 0.2) is 0 Å². The van der Waals surface area contributed by atoms with E-state index in [1.807, 2.05) is 6.92 Å². The van der Waals surface area contributed by atoms with Crippen LogP contribution in [0, 0.1) is 0 Å². The molecule has 1 aliphatic rings. The van der Waals surface area contributed by atoms with E-state index >= 15 is 0 Å². The molecule has 0 aromatic rings. The average Bonchev–Trinajstić information content (AvgIpc) is 2.15. The second kappa shape index (κ2) is 2.65. The minimum atomic E-state index is -0.618. The lowest BCUT2D eigenvalue weighted by Crippen LogP contribution is -1.86. The second-order valence-corrected chi connectivity index (χ2v) is 4.02. The molecule has 0 saturated carbocycles. The first kappa shape index (κ1) is 7.00. The number of allylic oxidation sites excluding steroid dienone is 2. The maximum Gasteiger partial charge on any atom is 0.0488 e. The molecule has 0 aliphatic carbocycles. The number of hydrogen-bond donors (Lipinski definition) is 0. The highest BCUT2D eigenvalue weighted by Crippen LogP contribution is 2.23. The van der Waals surface area contributed by atoms with Crippen molar-refractivity contribution in [2.75, 3.05) is 5.75 Å². The first-order valence-electron chi connectivity index (χ1n) is 3.32. The zero-order valence-electron chi connectivity index (χ0n) is 5.94. The van der Waals surface area contributed by atoms with E-state index in [1.165, 1.54) is 5.57 Å².